The highest BCUT2D eigenvalue weighted by Crippen LogP contribution is 2.31. The van der Waals surface area contributed by atoms with Crippen molar-refractivity contribution in [3.63, 3.8) is 0 Å². The lowest BCUT2D eigenvalue weighted by molar-refractivity contribution is -0.152. The van der Waals surface area contributed by atoms with E-state index in [0.717, 1.165) is 0 Å². The van der Waals surface area contributed by atoms with E-state index < -0.39 is 11.9 Å². The summed E-state index contributed by atoms with van der Waals surface area (Å²) >= 11 is 0. The first-order chi connectivity index (χ1) is 6.34. The Bertz CT molecular complexity index is 186. The summed E-state index contributed by atoms with van der Waals surface area (Å²) in [5.41, 5.74) is 5.10. The van der Waals surface area contributed by atoms with Crippen molar-refractivity contribution in [2.75, 3.05) is 13.7 Å². The maximum atomic E-state index is 11.1. The molecule has 0 heterocycles. The summed E-state index contributed by atoms with van der Waals surface area (Å²) in [5, 5.41) is 9.12. The fraction of sp³-hybridized carbons (Fsp3) is 0.900. The van der Waals surface area contributed by atoms with Gasteiger partial charge in [-0.15, -0.1) is 0 Å². The van der Waals surface area contributed by atoms with Gasteiger partial charge in [-0.25, -0.2) is 0 Å². The van der Waals surface area contributed by atoms with E-state index in [1.165, 1.54) is 7.11 Å². The number of methoxy groups -OCH3 is 1. The van der Waals surface area contributed by atoms with E-state index in [9.17, 15) is 4.79 Å². The molecule has 3 N–H and O–H groups in total. The first kappa shape index (κ1) is 13.4. The largest absolute Gasteiger partial charge is 0.481 e. The molecule has 0 aromatic rings. The first-order valence-corrected chi connectivity index (χ1v) is 4.80. The lowest BCUT2D eigenvalue weighted by Gasteiger charge is -2.32. The predicted molar refractivity (Wildman–Crippen MR) is 55.0 cm³/mol. The minimum absolute atomic E-state index is 0.308. The summed E-state index contributed by atoms with van der Waals surface area (Å²) in [7, 11) is 1.53. The van der Waals surface area contributed by atoms with Crippen LogP contribution in [0.2, 0.25) is 0 Å². The Morgan fingerprint density at radius 3 is 2.21 bits per heavy atom. The van der Waals surface area contributed by atoms with Gasteiger partial charge in [0.15, 0.2) is 0 Å². The molecule has 4 nitrogen and oxygen atoms in total. The van der Waals surface area contributed by atoms with E-state index in [1.54, 1.807) is 0 Å². The molecule has 0 aliphatic heterocycles. The summed E-state index contributed by atoms with van der Waals surface area (Å²) in [6, 6.07) is 0. The van der Waals surface area contributed by atoms with E-state index in [0.29, 0.717) is 13.0 Å². The maximum Gasteiger partial charge on any atom is 0.309 e. The average molecular weight is 203 g/mol. The summed E-state index contributed by atoms with van der Waals surface area (Å²) in [6.07, 6.45) is 0.266. The second-order valence-electron chi connectivity index (χ2n) is 4.53. The maximum absolute atomic E-state index is 11.1. The Hall–Kier alpha value is -0.610. The van der Waals surface area contributed by atoms with Crippen LogP contribution in [-0.4, -0.2) is 30.8 Å². The zero-order chi connectivity index (χ0) is 11.4. The topological polar surface area (TPSA) is 72.5 Å². The number of hydrogen-bond donors (Lipinski definition) is 2. The minimum Gasteiger partial charge on any atom is -0.481 e. The molecule has 0 spiro atoms. The second-order valence-corrected chi connectivity index (χ2v) is 4.53. The van der Waals surface area contributed by atoms with E-state index in [-0.39, 0.29) is 11.5 Å². The van der Waals surface area contributed by atoms with Gasteiger partial charge in [0.25, 0.3) is 0 Å². The fourth-order valence-electron chi connectivity index (χ4n) is 1.67. The predicted octanol–water partition coefficient (Wildman–Crippen LogP) is 1.10. The van der Waals surface area contributed by atoms with Gasteiger partial charge in [0.05, 0.1) is 12.0 Å². The normalized spacial score (nSPS) is 16.4. The Morgan fingerprint density at radius 2 is 2.00 bits per heavy atom. The van der Waals surface area contributed by atoms with Crippen molar-refractivity contribution in [2.45, 2.75) is 33.3 Å². The molecule has 2 atom stereocenters. The van der Waals surface area contributed by atoms with Gasteiger partial charge >= 0.3 is 5.97 Å². The molecule has 0 fully saturated rings. The zero-order valence-electron chi connectivity index (χ0n) is 9.41. The van der Waals surface area contributed by atoms with Gasteiger partial charge < -0.3 is 15.6 Å². The number of nitrogens with two attached hydrogens (primary N) is 1. The number of carboxylic acids is 1. The van der Waals surface area contributed by atoms with Gasteiger partial charge in [-0.3, -0.25) is 4.79 Å². The van der Waals surface area contributed by atoms with Gasteiger partial charge in [0.1, 0.15) is 0 Å². The van der Waals surface area contributed by atoms with Crippen molar-refractivity contribution < 1.29 is 14.6 Å². The van der Waals surface area contributed by atoms with E-state index in [2.05, 4.69) is 0 Å². The Morgan fingerprint density at radius 1 is 1.50 bits per heavy atom. The monoisotopic (exact) mass is 203 g/mol. The lowest BCUT2D eigenvalue weighted by atomic mass is 9.76. The second kappa shape index (κ2) is 5.32. The van der Waals surface area contributed by atoms with Gasteiger partial charge in [-0.2, -0.15) is 0 Å². The molecule has 0 aliphatic rings. The molecule has 0 radical (unpaired) electrons. The molecule has 0 rings (SSSR count). The third-order valence-corrected chi connectivity index (χ3v) is 2.32. The standard InChI is InChI=1S/C10H21NO3/c1-10(2,3)8(9(12)13)7(14-4)5-6-11/h7-8H,5-6,11H2,1-4H3,(H,12,13)/t7-,8?/m1/s1. The van der Waals surface area contributed by atoms with Gasteiger partial charge in [-0.05, 0) is 18.4 Å². The Kier molecular flexibility index (Phi) is 5.08. The van der Waals surface area contributed by atoms with Crippen LogP contribution in [0.5, 0.6) is 0 Å². The highest BCUT2D eigenvalue weighted by Gasteiger charge is 2.37. The number of carboxylic acid groups (broad SMARTS) is 1. The SMILES string of the molecule is CO[C@H](CCN)C(C(=O)O)C(C)(C)C. The van der Waals surface area contributed by atoms with Crippen LogP contribution in [0.15, 0.2) is 0 Å². The number of carbonyl (C=O) groups is 1. The molecule has 0 aromatic heterocycles. The van der Waals surface area contributed by atoms with Crippen molar-refractivity contribution in [3.8, 4) is 0 Å². The molecule has 1 unspecified atom stereocenters. The summed E-state index contributed by atoms with van der Waals surface area (Å²) in [4.78, 5) is 11.1. The zero-order valence-corrected chi connectivity index (χ0v) is 9.41. The molecule has 0 aromatic carbocycles. The average Bonchev–Trinajstić information content (AvgIpc) is 2.00. The van der Waals surface area contributed by atoms with Crippen molar-refractivity contribution in [3.05, 3.63) is 0 Å². The molecule has 14 heavy (non-hydrogen) atoms. The van der Waals surface area contributed by atoms with Gasteiger partial charge in [0.2, 0.25) is 0 Å². The number of rotatable bonds is 5. The third-order valence-electron chi connectivity index (χ3n) is 2.32. The van der Waals surface area contributed by atoms with Crippen LogP contribution in [-0.2, 0) is 9.53 Å². The number of aliphatic carboxylic acids is 1. The van der Waals surface area contributed by atoms with Crippen LogP contribution in [0, 0.1) is 11.3 Å². The molecule has 0 bridgehead atoms. The quantitative estimate of drug-likeness (QED) is 0.701. The minimum atomic E-state index is -0.821. The smallest absolute Gasteiger partial charge is 0.309 e. The van der Waals surface area contributed by atoms with E-state index >= 15 is 0 Å². The highest BCUT2D eigenvalue weighted by molar-refractivity contribution is 5.71. The van der Waals surface area contributed by atoms with Crippen LogP contribution in [0.1, 0.15) is 27.2 Å². The van der Waals surface area contributed by atoms with Crippen molar-refractivity contribution >= 4 is 5.97 Å². The number of ether oxygens (including phenoxy) is 1. The molecule has 0 saturated carbocycles. The van der Waals surface area contributed by atoms with E-state index in [4.69, 9.17) is 15.6 Å². The molecule has 84 valence electrons. The van der Waals surface area contributed by atoms with Crippen molar-refractivity contribution in [2.24, 2.45) is 17.1 Å². The lowest BCUT2D eigenvalue weighted by Crippen LogP contribution is -2.40. The third kappa shape index (κ3) is 3.64. The molecule has 0 saturated heterocycles. The van der Waals surface area contributed by atoms with Crippen molar-refractivity contribution in [1.29, 1.82) is 0 Å². The van der Waals surface area contributed by atoms with Crippen LogP contribution in [0.25, 0.3) is 0 Å². The van der Waals surface area contributed by atoms with Crippen molar-refractivity contribution in [1.82, 2.24) is 0 Å². The Balaban J connectivity index is 4.70. The van der Waals surface area contributed by atoms with Gasteiger partial charge in [0, 0.05) is 7.11 Å². The summed E-state index contributed by atoms with van der Waals surface area (Å²) < 4.78 is 5.18. The summed E-state index contributed by atoms with van der Waals surface area (Å²) in [5.74, 6) is -1.34. The van der Waals surface area contributed by atoms with Gasteiger partial charge in [-0.1, -0.05) is 20.8 Å². The Labute approximate surface area is 85.4 Å². The summed E-state index contributed by atoms with van der Waals surface area (Å²) in [6.45, 7) is 6.13. The van der Waals surface area contributed by atoms with Crippen LogP contribution >= 0.6 is 0 Å². The van der Waals surface area contributed by atoms with Crippen LogP contribution in [0.3, 0.4) is 0 Å². The molecular weight excluding hydrogens is 182 g/mol. The van der Waals surface area contributed by atoms with E-state index in [1.807, 2.05) is 20.8 Å². The first-order valence-electron chi connectivity index (χ1n) is 4.80. The highest BCUT2D eigenvalue weighted by atomic mass is 16.5. The molecular formula is C10H21NO3. The molecule has 0 aliphatic carbocycles. The fourth-order valence-corrected chi connectivity index (χ4v) is 1.67. The molecule has 4 heteroatoms. The number of hydrogen-bond acceptors (Lipinski definition) is 3. The molecule has 0 amide bonds. The van der Waals surface area contributed by atoms with Crippen LogP contribution < -0.4 is 5.73 Å². The van der Waals surface area contributed by atoms with Crippen LogP contribution in [0.4, 0.5) is 0 Å².